The number of aliphatic carboxylic acids is 1. The van der Waals surface area contributed by atoms with Crippen molar-refractivity contribution >= 4 is 11.9 Å². The van der Waals surface area contributed by atoms with E-state index in [0.717, 1.165) is 6.42 Å². The molecule has 1 saturated heterocycles. The predicted octanol–water partition coefficient (Wildman–Crippen LogP) is 1.36. The van der Waals surface area contributed by atoms with Gasteiger partial charge in [-0.05, 0) is 37.0 Å². The van der Waals surface area contributed by atoms with Crippen molar-refractivity contribution in [3.05, 3.63) is 35.6 Å². The van der Waals surface area contributed by atoms with E-state index in [1.807, 2.05) is 0 Å². The highest BCUT2D eigenvalue weighted by molar-refractivity contribution is 5.81. The number of hydrogen-bond donors (Lipinski definition) is 2. The average molecular weight is 295 g/mol. The Hall–Kier alpha value is -1.95. The fourth-order valence-corrected chi connectivity index (χ4v) is 2.32. The molecular weight excluding hydrogens is 277 g/mol. The zero-order chi connectivity index (χ0) is 15.2. The van der Waals surface area contributed by atoms with Crippen LogP contribution in [0, 0.1) is 11.7 Å². The zero-order valence-electron chi connectivity index (χ0n) is 11.5. The van der Waals surface area contributed by atoms with Gasteiger partial charge in [-0.1, -0.05) is 12.1 Å². The number of amides is 1. The monoisotopic (exact) mass is 295 g/mol. The second kappa shape index (κ2) is 7.17. The Labute approximate surface area is 122 Å². The number of ether oxygens (including phenoxy) is 1. The lowest BCUT2D eigenvalue weighted by atomic mass is 9.99. The number of rotatable bonds is 6. The molecule has 2 atom stereocenters. The Morgan fingerprint density at radius 2 is 2.29 bits per heavy atom. The molecule has 0 saturated carbocycles. The summed E-state index contributed by atoms with van der Waals surface area (Å²) in [4.78, 5) is 23.0. The van der Waals surface area contributed by atoms with E-state index in [-0.39, 0.29) is 18.9 Å². The smallest absolute Gasteiger partial charge is 0.308 e. The number of halogens is 1. The van der Waals surface area contributed by atoms with Crippen LogP contribution in [0.5, 0.6) is 0 Å². The third-order valence-electron chi connectivity index (χ3n) is 3.47. The molecule has 1 aromatic carbocycles. The number of carbonyl (C=O) groups excluding carboxylic acids is 1. The van der Waals surface area contributed by atoms with E-state index in [4.69, 9.17) is 4.74 Å². The molecule has 0 radical (unpaired) electrons. The van der Waals surface area contributed by atoms with Crippen molar-refractivity contribution in [3.8, 4) is 0 Å². The van der Waals surface area contributed by atoms with Gasteiger partial charge >= 0.3 is 5.97 Å². The SMILES string of the molecule is O=C(O)C(CNC(=O)C1CCCO1)Cc1cccc(F)c1. The normalized spacial score (nSPS) is 19.2. The standard InChI is InChI=1S/C15H18FNO4/c16-12-4-1-3-10(8-12)7-11(15(19)20)9-17-14(18)13-5-2-6-21-13/h1,3-4,8,11,13H,2,5-7,9H2,(H,17,18)(H,19,20). The van der Waals surface area contributed by atoms with E-state index in [0.29, 0.717) is 18.6 Å². The summed E-state index contributed by atoms with van der Waals surface area (Å²) >= 11 is 0. The molecule has 114 valence electrons. The van der Waals surface area contributed by atoms with Crippen molar-refractivity contribution in [2.24, 2.45) is 5.92 Å². The van der Waals surface area contributed by atoms with Gasteiger partial charge in [0.25, 0.3) is 0 Å². The van der Waals surface area contributed by atoms with Crippen LogP contribution < -0.4 is 5.32 Å². The summed E-state index contributed by atoms with van der Waals surface area (Å²) in [6.45, 7) is 0.564. The highest BCUT2D eigenvalue weighted by atomic mass is 19.1. The zero-order valence-corrected chi connectivity index (χ0v) is 11.5. The number of carboxylic acid groups (broad SMARTS) is 1. The van der Waals surface area contributed by atoms with Crippen LogP contribution in [0.2, 0.25) is 0 Å². The topological polar surface area (TPSA) is 75.6 Å². The number of carbonyl (C=O) groups is 2. The van der Waals surface area contributed by atoms with Crippen LogP contribution in [-0.4, -0.2) is 36.2 Å². The minimum absolute atomic E-state index is 0.00450. The number of benzene rings is 1. The quantitative estimate of drug-likeness (QED) is 0.831. The summed E-state index contributed by atoms with van der Waals surface area (Å²) in [5.74, 6) is -2.50. The van der Waals surface area contributed by atoms with Crippen LogP contribution >= 0.6 is 0 Å². The maximum absolute atomic E-state index is 13.1. The van der Waals surface area contributed by atoms with E-state index >= 15 is 0 Å². The Morgan fingerprint density at radius 3 is 2.90 bits per heavy atom. The maximum Gasteiger partial charge on any atom is 0.308 e. The molecule has 2 N–H and O–H groups in total. The van der Waals surface area contributed by atoms with E-state index in [1.54, 1.807) is 6.07 Å². The van der Waals surface area contributed by atoms with E-state index in [9.17, 15) is 19.1 Å². The molecule has 2 unspecified atom stereocenters. The van der Waals surface area contributed by atoms with Crippen LogP contribution in [0.4, 0.5) is 4.39 Å². The largest absolute Gasteiger partial charge is 0.481 e. The first-order valence-corrected chi connectivity index (χ1v) is 6.93. The van der Waals surface area contributed by atoms with Crippen molar-refractivity contribution in [3.63, 3.8) is 0 Å². The molecule has 5 nitrogen and oxygen atoms in total. The molecule has 1 heterocycles. The first-order chi connectivity index (χ1) is 10.1. The van der Waals surface area contributed by atoms with Gasteiger partial charge in [-0.3, -0.25) is 9.59 Å². The number of carboxylic acids is 1. The van der Waals surface area contributed by atoms with Crippen molar-refractivity contribution in [1.29, 1.82) is 0 Å². The summed E-state index contributed by atoms with van der Waals surface area (Å²) in [6.07, 6.45) is 1.18. The van der Waals surface area contributed by atoms with Gasteiger partial charge in [0.2, 0.25) is 5.91 Å². The minimum Gasteiger partial charge on any atom is -0.481 e. The van der Waals surface area contributed by atoms with Crippen molar-refractivity contribution < 1.29 is 23.8 Å². The molecule has 21 heavy (non-hydrogen) atoms. The van der Waals surface area contributed by atoms with Crippen LogP contribution in [0.25, 0.3) is 0 Å². The molecule has 0 aliphatic carbocycles. The van der Waals surface area contributed by atoms with E-state index in [1.165, 1.54) is 18.2 Å². The molecule has 1 fully saturated rings. The van der Waals surface area contributed by atoms with Gasteiger partial charge in [0, 0.05) is 13.2 Å². The first kappa shape index (κ1) is 15.4. The van der Waals surface area contributed by atoms with Crippen molar-refractivity contribution in [2.75, 3.05) is 13.2 Å². The molecular formula is C15H18FNO4. The lowest BCUT2D eigenvalue weighted by molar-refractivity contribution is -0.141. The van der Waals surface area contributed by atoms with Crippen LogP contribution in [0.15, 0.2) is 24.3 Å². The molecule has 1 amide bonds. The average Bonchev–Trinajstić information content (AvgIpc) is 2.97. The fraction of sp³-hybridized carbons (Fsp3) is 0.467. The molecule has 0 aromatic heterocycles. The lowest BCUT2D eigenvalue weighted by Crippen LogP contribution is -2.39. The summed E-state index contributed by atoms with van der Waals surface area (Å²) in [5, 5.41) is 11.8. The predicted molar refractivity (Wildman–Crippen MR) is 73.2 cm³/mol. The summed E-state index contributed by atoms with van der Waals surface area (Å²) in [7, 11) is 0. The molecule has 1 aliphatic rings. The van der Waals surface area contributed by atoms with E-state index in [2.05, 4.69) is 5.32 Å². The van der Waals surface area contributed by atoms with Gasteiger partial charge in [0.15, 0.2) is 0 Å². The minimum atomic E-state index is -1.02. The lowest BCUT2D eigenvalue weighted by Gasteiger charge is -2.15. The Balaban J connectivity index is 1.90. The molecule has 1 aliphatic heterocycles. The van der Waals surface area contributed by atoms with Crippen LogP contribution in [0.1, 0.15) is 18.4 Å². The van der Waals surface area contributed by atoms with Gasteiger partial charge in [0.05, 0.1) is 5.92 Å². The van der Waals surface area contributed by atoms with E-state index < -0.39 is 23.8 Å². The van der Waals surface area contributed by atoms with Crippen molar-refractivity contribution in [1.82, 2.24) is 5.32 Å². The third-order valence-corrected chi connectivity index (χ3v) is 3.47. The molecule has 0 bridgehead atoms. The van der Waals surface area contributed by atoms with Gasteiger partial charge in [-0.15, -0.1) is 0 Å². The van der Waals surface area contributed by atoms with Gasteiger partial charge in [-0.25, -0.2) is 4.39 Å². The summed E-state index contributed by atoms with van der Waals surface area (Å²) < 4.78 is 18.3. The molecule has 6 heteroatoms. The molecule has 1 aromatic rings. The van der Waals surface area contributed by atoms with Gasteiger partial charge < -0.3 is 15.2 Å². The summed E-state index contributed by atoms with van der Waals surface area (Å²) in [6, 6.07) is 5.81. The third kappa shape index (κ3) is 4.53. The first-order valence-electron chi connectivity index (χ1n) is 6.93. The second-order valence-electron chi connectivity index (χ2n) is 5.12. The number of nitrogens with one attached hydrogen (secondary N) is 1. The highest BCUT2D eigenvalue weighted by Gasteiger charge is 2.25. The second-order valence-corrected chi connectivity index (χ2v) is 5.12. The Bertz CT molecular complexity index is 514. The highest BCUT2D eigenvalue weighted by Crippen LogP contribution is 2.13. The molecule has 2 rings (SSSR count). The molecule has 0 spiro atoms. The maximum atomic E-state index is 13.1. The Morgan fingerprint density at radius 1 is 1.48 bits per heavy atom. The summed E-state index contributed by atoms with van der Waals surface area (Å²) in [5.41, 5.74) is 0.591. The number of hydrogen-bond acceptors (Lipinski definition) is 3. The fourth-order valence-electron chi connectivity index (χ4n) is 2.32. The Kier molecular flexibility index (Phi) is 5.27. The van der Waals surface area contributed by atoms with Crippen LogP contribution in [0.3, 0.4) is 0 Å². The van der Waals surface area contributed by atoms with Crippen molar-refractivity contribution in [2.45, 2.75) is 25.4 Å². The van der Waals surface area contributed by atoms with Crippen LogP contribution in [-0.2, 0) is 20.7 Å². The van der Waals surface area contributed by atoms with Gasteiger partial charge in [-0.2, -0.15) is 0 Å². The van der Waals surface area contributed by atoms with Gasteiger partial charge in [0.1, 0.15) is 11.9 Å².